The minimum atomic E-state index is -0.318. The van der Waals surface area contributed by atoms with E-state index in [2.05, 4.69) is 31.3 Å². The maximum atomic E-state index is 12.5. The molecule has 4 heteroatoms. The number of carbonyl (C=O) groups is 2. The van der Waals surface area contributed by atoms with Gasteiger partial charge in [-0.2, -0.15) is 0 Å². The van der Waals surface area contributed by atoms with Gasteiger partial charge in [-0.3, -0.25) is 9.59 Å². The molecular formula is C21H24N2O2. The average Bonchev–Trinajstić information content (AvgIpc) is 3.04. The van der Waals surface area contributed by atoms with Gasteiger partial charge in [-0.25, -0.2) is 0 Å². The number of para-hydroxylation sites is 1. The third-order valence-electron chi connectivity index (χ3n) is 4.92. The second-order valence-corrected chi connectivity index (χ2v) is 6.66. The lowest BCUT2D eigenvalue weighted by Gasteiger charge is -2.16. The van der Waals surface area contributed by atoms with Crippen molar-refractivity contribution >= 4 is 23.2 Å². The van der Waals surface area contributed by atoms with E-state index < -0.39 is 0 Å². The van der Waals surface area contributed by atoms with Gasteiger partial charge in [-0.1, -0.05) is 44.2 Å². The molecule has 4 nitrogen and oxygen atoms in total. The molecule has 0 radical (unpaired) electrons. The van der Waals surface area contributed by atoms with E-state index in [4.69, 9.17) is 0 Å². The number of nitrogens with one attached hydrogen (secondary N) is 1. The van der Waals surface area contributed by atoms with Crippen LogP contribution in [0.5, 0.6) is 0 Å². The van der Waals surface area contributed by atoms with Crippen LogP contribution in [-0.4, -0.2) is 18.4 Å². The van der Waals surface area contributed by atoms with Gasteiger partial charge in [0.15, 0.2) is 0 Å². The summed E-state index contributed by atoms with van der Waals surface area (Å²) in [5.74, 6) is 0.0973. The van der Waals surface area contributed by atoms with Crippen LogP contribution < -0.4 is 10.2 Å². The van der Waals surface area contributed by atoms with Gasteiger partial charge in [-0.05, 0) is 42.2 Å². The van der Waals surface area contributed by atoms with E-state index >= 15 is 0 Å². The highest BCUT2D eigenvalue weighted by molar-refractivity contribution is 6.03. The molecule has 1 heterocycles. The molecule has 25 heavy (non-hydrogen) atoms. The molecule has 130 valence electrons. The Kier molecular flexibility index (Phi) is 5.17. The molecule has 0 saturated carbocycles. The standard InChI is InChI=1S/C21H24N2O2/c1-3-15(2)16-9-11-18(12-10-16)22-21(25)17-13-20(24)23(14-17)19-7-5-4-6-8-19/h4-12,15,17H,3,13-14H2,1-2H3,(H,22,25)/t15-,17+/m0/s1. The largest absolute Gasteiger partial charge is 0.326 e. The third-order valence-corrected chi connectivity index (χ3v) is 4.92. The molecule has 1 fully saturated rings. The first kappa shape index (κ1) is 17.2. The van der Waals surface area contributed by atoms with Gasteiger partial charge in [0.25, 0.3) is 0 Å². The molecular weight excluding hydrogens is 312 g/mol. The SMILES string of the molecule is CC[C@H](C)c1ccc(NC(=O)[C@@H]2CC(=O)N(c3ccccc3)C2)cc1. The normalized spacial score (nSPS) is 18.2. The van der Waals surface area contributed by atoms with E-state index in [0.29, 0.717) is 12.5 Å². The topological polar surface area (TPSA) is 49.4 Å². The molecule has 0 spiro atoms. The van der Waals surface area contributed by atoms with E-state index in [-0.39, 0.29) is 24.2 Å². The summed E-state index contributed by atoms with van der Waals surface area (Å²) in [4.78, 5) is 26.5. The minimum absolute atomic E-state index is 0.00142. The molecule has 2 amide bonds. The summed E-state index contributed by atoms with van der Waals surface area (Å²) in [6.07, 6.45) is 1.34. The summed E-state index contributed by atoms with van der Waals surface area (Å²) in [5, 5.41) is 2.94. The number of hydrogen-bond donors (Lipinski definition) is 1. The fourth-order valence-electron chi connectivity index (χ4n) is 3.12. The maximum absolute atomic E-state index is 12.5. The summed E-state index contributed by atoms with van der Waals surface area (Å²) in [6.45, 7) is 4.78. The maximum Gasteiger partial charge on any atom is 0.229 e. The smallest absolute Gasteiger partial charge is 0.229 e. The molecule has 0 unspecified atom stereocenters. The minimum Gasteiger partial charge on any atom is -0.326 e. The number of anilines is 2. The Labute approximate surface area is 148 Å². The van der Waals surface area contributed by atoms with Gasteiger partial charge in [-0.15, -0.1) is 0 Å². The van der Waals surface area contributed by atoms with Crippen molar-refractivity contribution in [3.63, 3.8) is 0 Å². The molecule has 0 aliphatic carbocycles. The van der Waals surface area contributed by atoms with Gasteiger partial charge >= 0.3 is 0 Å². The molecule has 1 N–H and O–H groups in total. The van der Waals surface area contributed by atoms with Crippen molar-refractivity contribution < 1.29 is 9.59 Å². The monoisotopic (exact) mass is 336 g/mol. The summed E-state index contributed by atoms with van der Waals surface area (Å²) < 4.78 is 0. The molecule has 1 aliphatic heterocycles. The highest BCUT2D eigenvalue weighted by Gasteiger charge is 2.35. The van der Waals surface area contributed by atoms with E-state index in [1.54, 1.807) is 4.90 Å². The number of amides is 2. The summed E-state index contributed by atoms with van der Waals surface area (Å²) in [5.41, 5.74) is 2.90. The molecule has 2 aromatic carbocycles. The zero-order valence-corrected chi connectivity index (χ0v) is 14.7. The predicted molar refractivity (Wildman–Crippen MR) is 101 cm³/mol. The van der Waals surface area contributed by atoms with Crippen LogP contribution in [0.25, 0.3) is 0 Å². The zero-order chi connectivity index (χ0) is 17.8. The zero-order valence-electron chi connectivity index (χ0n) is 14.7. The van der Waals surface area contributed by atoms with Gasteiger partial charge in [0.2, 0.25) is 11.8 Å². The van der Waals surface area contributed by atoms with Crippen molar-refractivity contribution in [3.05, 3.63) is 60.2 Å². The van der Waals surface area contributed by atoms with Crippen LogP contribution in [0.1, 0.15) is 38.2 Å². The van der Waals surface area contributed by atoms with E-state index in [9.17, 15) is 9.59 Å². The van der Waals surface area contributed by atoms with Gasteiger partial charge < -0.3 is 10.2 Å². The van der Waals surface area contributed by atoms with Gasteiger partial charge in [0.1, 0.15) is 0 Å². The Bertz CT molecular complexity index is 740. The van der Waals surface area contributed by atoms with Gasteiger partial charge in [0, 0.05) is 24.3 Å². The van der Waals surface area contributed by atoms with E-state index in [1.807, 2.05) is 42.5 Å². The van der Waals surface area contributed by atoms with E-state index in [0.717, 1.165) is 17.8 Å². The number of rotatable bonds is 5. The first-order valence-corrected chi connectivity index (χ1v) is 8.84. The van der Waals surface area contributed by atoms with Crippen LogP contribution in [0, 0.1) is 5.92 Å². The second kappa shape index (κ2) is 7.51. The predicted octanol–water partition coefficient (Wildman–Crippen LogP) is 4.19. The Morgan fingerprint density at radius 1 is 1.16 bits per heavy atom. The number of carbonyl (C=O) groups excluding carboxylic acids is 2. The van der Waals surface area contributed by atoms with Gasteiger partial charge in [0.05, 0.1) is 5.92 Å². The van der Waals surface area contributed by atoms with Crippen LogP contribution in [0.3, 0.4) is 0 Å². The lowest BCUT2D eigenvalue weighted by molar-refractivity contribution is -0.122. The van der Waals surface area contributed by atoms with Crippen molar-refractivity contribution in [1.82, 2.24) is 0 Å². The van der Waals surface area contributed by atoms with Crippen molar-refractivity contribution in [2.75, 3.05) is 16.8 Å². The van der Waals surface area contributed by atoms with Crippen LogP contribution >= 0.6 is 0 Å². The molecule has 1 saturated heterocycles. The van der Waals surface area contributed by atoms with Crippen LogP contribution in [0.4, 0.5) is 11.4 Å². The Balaban J connectivity index is 1.63. The first-order chi connectivity index (χ1) is 12.1. The fourth-order valence-corrected chi connectivity index (χ4v) is 3.12. The molecule has 2 aromatic rings. The van der Waals surface area contributed by atoms with Crippen LogP contribution in [0.2, 0.25) is 0 Å². The lowest BCUT2D eigenvalue weighted by Crippen LogP contribution is -2.28. The molecule has 0 aromatic heterocycles. The Morgan fingerprint density at radius 3 is 2.48 bits per heavy atom. The molecule has 1 aliphatic rings. The quantitative estimate of drug-likeness (QED) is 0.890. The van der Waals surface area contributed by atoms with Crippen LogP contribution in [0.15, 0.2) is 54.6 Å². The summed E-state index contributed by atoms with van der Waals surface area (Å²) >= 11 is 0. The molecule has 2 atom stereocenters. The lowest BCUT2D eigenvalue weighted by atomic mass is 9.98. The number of benzene rings is 2. The first-order valence-electron chi connectivity index (χ1n) is 8.84. The number of nitrogens with zero attached hydrogens (tertiary/aromatic N) is 1. The summed E-state index contributed by atoms with van der Waals surface area (Å²) in [6, 6.07) is 17.5. The Morgan fingerprint density at radius 2 is 1.84 bits per heavy atom. The average molecular weight is 336 g/mol. The molecule has 0 bridgehead atoms. The van der Waals surface area contributed by atoms with Crippen molar-refractivity contribution in [2.24, 2.45) is 5.92 Å². The Hall–Kier alpha value is -2.62. The number of hydrogen-bond acceptors (Lipinski definition) is 2. The highest BCUT2D eigenvalue weighted by atomic mass is 16.2. The van der Waals surface area contributed by atoms with Crippen molar-refractivity contribution in [2.45, 2.75) is 32.6 Å². The second-order valence-electron chi connectivity index (χ2n) is 6.66. The third kappa shape index (κ3) is 3.90. The highest BCUT2D eigenvalue weighted by Crippen LogP contribution is 2.26. The molecule has 3 rings (SSSR count). The van der Waals surface area contributed by atoms with Crippen molar-refractivity contribution in [3.8, 4) is 0 Å². The van der Waals surface area contributed by atoms with Crippen LogP contribution in [-0.2, 0) is 9.59 Å². The van der Waals surface area contributed by atoms with Crippen molar-refractivity contribution in [1.29, 1.82) is 0 Å². The summed E-state index contributed by atoms with van der Waals surface area (Å²) in [7, 11) is 0. The fraction of sp³-hybridized carbons (Fsp3) is 0.333. The van der Waals surface area contributed by atoms with E-state index in [1.165, 1.54) is 5.56 Å².